The highest BCUT2D eigenvalue weighted by molar-refractivity contribution is 5.66. The summed E-state index contributed by atoms with van der Waals surface area (Å²) in [6, 6.07) is 10.7. The van der Waals surface area contributed by atoms with Crippen LogP contribution in [0.25, 0.3) is 5.69 Å². The molecule has 0 radical (unpaired) electrons. The Labute approximate surface area is 208 Å². The van der Waals surface area contributed by atoms with E-state index in [9.17, 15) is 4.79 Å². The number of carboxylic acids is 1. The van der Waals surface area contributed by atoms with Gasteiger partial charge >= 0.3 is 5.97 Å². The number of benzene rings is 1. The molecular weight excluding hydrogens is 420 g/mol. The summed E-state index contributed by atoms with van der Waals surface area (Å²) in [4.78, 5) is 13.9. The van der Waals surface area contributed by atoms with Crippen LogP contribution in [0.15, 0.2) is 36.5 Å². The zero-order valence-electron chi connectivity index (χ0n) is 21.7. The molecule has 1 aromatic heterocycles. The van der Waals surface area contributed by atoms with E-state index in [1.807, 2.05) is 0 Å². The van der Waals surface area contributed by atoms with Crippen LogP contribution < -0.4 is 4.57 Å². The molecule has 0 spiro atoms. The van der Waals surface area contributed by atoms with Crippen molar-refractivity contribution >= 4 is 5.97 Å². The van der Waals surface area contributed by atoms with Gasteiger partial charge in [0.05, 0.1) is 0 Å². The number of unbranched alkanes of at least 4 members (excludes halogenated alkanes) is 16. The summed E-state index contributed by atoms with van der Waals surface area (Å²) in [5.41, 5.74) is 2.64. The zero-order chi connectivity index (χ0) is 24.3. The van der Waals surface area contributed by atoms with Crippen molar-refractivity contribution in [3.8, 4) is 5.69 Å². The lowest BCUT2D eigenvalue weighted by Crippen LogP contribution is -2.36. The Kier molecular flexibility index (Phi) is 15.1. The second kappa shape index (κ2) is 18.3. The number of hydrogen-bond donors (Lipinski definition) is 2. The van der Waals surface area contributed by atoms with E-state index in [-0.39, 0.29) is 0 Å². The SMILES string of the molecule is Cc1[nH]cc(CCCCCCCCCCCCCCCCCCCC(=O)O)[n+]1-c1ccccc1. The molecule has 1 aromatic carbocycles. The van der Waals surface area contributed by atoms with Crippen molar-refractivity contribution in [2.24, 2.45) is 0 Å². The predicted octanol–water partition coefficient (Wildman–Crippen LogP) is 8.25. The quantitative estimate of drug-likeness (QED) is 0.143. The number of aromatic amines is 1. The maximum absolute atomic E-state index is 10.5. The number of hydrogen-bond acceptors (Lipinski definition) is 1. The molecule has 4 nitrogen and oxygen atoms in total. The molecule has 4 heteroatoms. The molecule has 0 unspecified atom stereocenters. The predicted molar refractivity (Wildman–Crippen MR) is 142 cm³/mol. The van der Waals surface area contributed by atoms with Crippen LogP contribution in [-0.2, 0) is 11.2 Å². The minimum absolute atomic E-state index is 0.336. The first-order chi connectivity index (χ1) is 16.7. The normalized spacial score (nSPS) is 11.2. The molecule has 34 heavy (non-hydrogen) atoms. The number of aromatic nitrogens is 2. The van der Waals surface area contributed by atoms with Crippen molar-refractivity contribution in [1.29, 1.82) is 0 Å². The van der Waals surface area contributed by atoms with E-state index in [0.29, 0.717) is 6.42 Å². The van der Waals surface area contributed by atoms with Crippen molar-refractivity contribution in [2.75, 3.05) is 0 Å². The van der Waals surface area contributed by atoms with Gasteiger partial charge in [0.15, 0.2) is 0 Å². The third-order valence-corrected chi connectivity index (χ3v) is 6.91. The number of nitrogens with one attached hydrogen (secondary N) is 1. The number of aliphatic carboxylic acids is 1. The van der Waals surface area contributed by atoms with Crippen LogP contribution in [0, 0.1) is 6.92 Å². The van der Waals surface area contributed by atoms with Crippen molar-refractivity contribution in [3.63, 3.8) is 0 Å². The molecule has 2 N–H and O–H groups in total. The van der Waals surface area contributed by atoms with Crippen molar-refractivity contribution in [3.05, 3.63) is 48.0 Å². The van der Waals surface area contributed by atoms with E-state index in [0.717, 1.165) is 19.3 Å². The van der Waals surface area contributed by atoms with Crippen LogP contribution in [0.4, 0.5) is 0 Å². The molecule has 1 heterocycles. The van der Waals surface area contributed by atoms with Crippen LogP contribution in [0.2, 0.25) is 0 Å². The molecule has 0 amide bonds. The molecule has 190 valence electrons. The first-order valence-electron chi connectivity index (χ1n) is 14.0. The lowest BCUT2D eigenvalue weighted by atomic mass is 10.0. The first-order valence-corrected chi connectivity index (χ1v) is 14.0. The van der Waals surface area contributed by atoms with Gasteiger partial charge in [0, 0.05) is 19.8 Å². The van der Waals surface area contributed by atoms with Crippen molar-refractivity contribution in [2.45, 2.75) is 129 Å². The minimum Gasteiger partial charge on any atom is -0.481 e. The second-order valence-electron chi connectivity index (χ2n) is 9.94. The Morgan fingerprint density at radius 1 is 0.706 bits per heavy atom. The summed E-state index contributed by atoms with van der Waals surface area (Å²) in [7, 11) is 0. The topological polar surface area (TPSA) is 57.0 Å². The van der Waals surface area contributed by atoms with Gasteiger partial charge in [-0.2, -0.15) is 4.57 Å². The van der Waals surface area contributed by atoms with Crippen LogP contribution in [0.5, 0.6) is 0 Å². The van der Waals surface area contributed by atoms with E-state index in [1.165, 1.54) is 114 Å². The Balaban J connectivity index is 1.35. The van der Waals surface area contributed by atoms with Gasteiger partial charge in [-0.1, -0.05) is 115 Å². The number of nitrogens with zero attached hydrogens (tertiary/aromatic N) is 1. The summed E-state index contributed by atoms with van der Waals surface area (Å²) in [5, 5.41) is 8.62. The number of imidazole rings is 1. The summed E-state index contributed by atoms with van der Waals surface area (Å²) in [6.45, 7) is 2.15. The first kappa shape index (κ1) is 28.1. The van der Waals surface area contributed by atoms with Crippen LogP contribution in [0.1, 0.15) is 127 Å². The fourth-order valence-corrected chi connectivity index (χ4v) is 4.89. The maximum Gasteiger partial charge on any atom is 0.303 e. The molecule has 0 atom stereocenters. The standard InChI is InChI=1S/C30H48N2O2/c1-27-31-26-29(32(27)28-22-19-17-20-23-28)24-18-15-13-11-9-7-5-3-2-4-6-8-10-12-14-16-21-25-30(33)34/h17,19-20,22-23,26H,2-16,18,21,24-25H2,1H3,(H,33,34)/p+1. The number of para-hydroxylation sites is 1. The zero-order valence-corrected chi connectivity index (χ0v) is 21.7. The van der Waals surface area contributed by atoms with Gasteiger partial charge in [0.2, 0.25) is 0 Å². The van der Waals surface area contributed by atoms with Gasteiger partial charge < -0.3 is 5.11 Å². The van der Waals surface area contributed by atoms with Crippen molar-refractivity contribution in [1.82, 2.24) is 4.98 Å². The van der Waals surface area contributed by atoms with Crippen LogP contribution in [-0.4, -0.2) is 16.1 Å². The third-order valence-electron chi connectivity index (χ3n) is 6.91. The van der Waals surface area contributed by atoms with Gasteiger partial charge in [-0.15, -0.1) is 0 Å². The van der Waals surface area contributed by atoms with E-state index < -0.39 is 5.97 Å². The number of H-pyrrole nitrogens is 1. The summed E-state index contributed by atoms with van der Waals surface area (Å²) in [6.07, 6.45) is 25.9. The van der Waals surface area contributed by atoms with E-state index in [4.69, 9.17) is 5.11 Å². The monoisotopic (exact) mass is 469 g/mol. The number of rotatable bonds is 21. The Hall–Kier alpha value is -2.10. The minimum atomic E-state index is -0.657. The largest absolute Gasteiger partial charge is 0.481 e. The highest BCUT2D eigenvalue weighted by Crippen LogP contribution is 2.15. The maximum atomic E-state index is 10.5. The van der Waals surface area contributed by atoms with Gasteiger partial charge in [0.1, 0.15) is 17.6 Å². The average Bonchev–Trinajstić information content (AvgIpc) is 3.21. The van der Waals surface area contributed by atoms with E-state index >= 15 is 0 Å². The Bertz CT molecular complexity index is 769. The molecule has 0 saturated carbocycles. The summed E-state index contributed by atoms with van der Waals surface area (Å²) < 4.78 is 2.35. The summed E-state index contributed by atoms with van der Waals surface area (Å²) in [5.74, 6) is 0.543. The van der Waals surface area contributed by atoms with Crippen LogP contribution >= 0.6 is 0 Å². The lowest BCUT2D eigenvalue weighted by molar-refractivity contribution is -0.609. The van der Waals surface area contributed by atoms with Crippen LogP contribution in [0.3, 0.4) is 0 Å². The molecule has 0 aliphatic carbocycles. The molecule has 2 rings (SSSR count). The highest BCUT2D eigenvalue weighted by Gasteiger charge is 2.15. The fourth-order valence-electron chi connectivity index (χ4n) is 4.89. The third kappa shape index (κ3) is 12.4. The van der Waals surface area contributed by atoms with Gasteiger partial charge in [0.25, 0.3) is 5.82 Å². The number of aryl methyl sites for hydroxylation is 2. The molecule has 0 bridgehead atoms. The Morgan fingerprint density at radius 3 is 1.62 bits per heavy atom. The smallest absolute Gasteiger partial charge is 0.303 e. The second-order valence-corrected chi connectivity index (χ2v) is 9.94. The Morgan fingerprint density at radius 2 is 1.15 bits per heavy atom. The average molecular weight is 470 g/mol. The highest BCUT2D eigenvalue weighted by atomic mass is 16.4. The van der Waals surface area contributed by atoms with Gasteiger partial charge in [-0.05, 0) is 25.0 Å². The summed E-state index contributed by atoms with van der Waals surface area (Å²) >= 11 is 0. The number of carboxylic acid groups (broad SMARTS) is 1. The molecule has 0 aliphatic rings. The number of carbonyl (C=O) groups is 1. The lowest BCUT2D eigenvalue weighted by Gasteiger charge is -2.05. The molecule has 0 saturated heterocycles. The van der Waals surface area contributed by atoms with E-state index in [2.05, 4.69) is 53.0 Å². The van der Waals surface area contributed by atoms with Crippen molar-refractivity contribution < 1.29 is 14.5 Å². The van der Waals surface area contributed by atoms with Gasteiger partial charge in [-0.3, -0.25) is 4.79 Å². The molecule has 2 aromatic rings. The molecular formula is C30H49N2O2+. The molecule has 0 fully saturated rings. The van der Waals surface area contributed by atoms with Gasteiger partial charge in [-0.25, -0.2) is 4.98 Å². The van der Waals surface area contributed by atoms with E-state index in [1.54, 1.807) is 0 Å². The fraction of sp³-hybridized carbons (Fsp3) is 0.667. The molecule has 0 aliphatic heterocycles.